The summed E-state index contributed by atoms with van der Waals surface area (Å²) in [7, 11) is 0. The minimum Gasteiger partial charge on any atom is -0.478 e. The van der Waals surface area contributed by atoms with Gasteiger partial charge in [0.15, 0.2) is 0 Å². The van der Waals surface area contributed by atoms with Crippen molar-refractivity contribution in [3.8, 4) is 0 Å². The Balaban J connectivity index is 1.67. The molecule has 0 bridgehead atoms. The molecule has 112 valence electrons. The van der Waals surface area contributed by atoms with Gasteiger partial charge in [0.25, 0.3) is 0 Å². The lowest BCUT2D eigenvalue weighted by Gasteiger charge is -1.94. The molecular weight excluding hydrogens is 336 g/mol. The average molecular weight is 348 g/mol. The van der Waals surface area contributed by atoms with Crippen molar-refractivity contribution in [3.05, 3.63) is 46.8 Å². The van der Waals surface area contributed by atoms with E-state index in [2.05, 4.69) is 28.6 Å². The molecule has 0 aliphatic carbocycles. The highest BCUT2D eigenvalue weighted by atomic mass is 32.2. The molecule has 0 amide bonds. The zero-order valence-corrected chi connectivity index (χ0v) is 14.1. The zero-order chi connectivity index (χ0) is 15.5. The van der Waals surface area contributed by atoms with E-state index in [0.717, 1.165) is 0 Å². The fourth-order valence-corrected chi connectivity index (χ4v) is 4.88. The molecule has 0 aliphatic rings. The number of nitrogens with zero attached hydrogens (tertiary/aromatic N) is 2. The van der Waals surface area contributed by atoms with E-state index in [0.29, 0.717) is 12.2 Å². The Morgan fingerprint density at radius 2 is 1.91 bits per heavy atom. The van der Waals surface area contributed by atoms with Crippen LogP contribution in [0.5, 0.6) is 0 Å². The Kier molecular flexibility index (Phi) is 4.56. The molecule has 0 saturated heterocycles. The molecule has 0 radical (unpaired) electrons. The van der Waals surface area contributed by atoms with Crippen molar-refractivity contribution < 1.29 is 9.90 Å². The third-order valence-corrected chi connectivity index (χ3v) is 6.31. The SMILES string of the molecule is CSc1cc2sc(CN=Nc3ccc(C(=O)O)cc3)cc2s1. The number of azo groups is 1. The highest BCUT2D eigenvalue weighted by Gasteiger charge is 2.06. The average Bonchev–Trinajstić information content (AvgIpc) is 3.05. The number of hydrogen-bond donors (Lipinski definition) is 1. The number of rotatable bonds is 5. The normalized spacial score (nSPS) is 11.5. The molecule has 3 rings (SSSR count). The second-order valence-electron chi connectivity index (χ2n) is 4.46. The summed E-state index contributed by atoms with van der Waals surface area (Å²) >= 11 is 5.30. The number of carbonyl (C=O) groups is 1. The molecule has 4 nitrogen and oxygen atoms in total. The van der Waals surface area contributed by atoms with Crippen LogP contribution >= 0.6 is 34.4 Å². The first-order valence-electron chi connectivity index (χ1n) is 6.43. The predicted molar refractivity (Wildman–Crippen MR) is 93.1 cm³/mol. The summed E-state index contributed by atoms with van der Waals surface area (Å²) in [5.41, 5.74) is 0.912. The molecule has 0 spiro atoms. The van der Waals surface area contributed by atoms with E-state index < -0.39 is 5.97 Å². The first-order valence-corrected chi connectivity index (χ1v) is 9.28. The van der Waals surface area contributed by atoms with E-state index in [1.807, 2.05) is 0 Å². The lowest BCUT2D eigenvalue weighted by molar-refractivity contribution is 0.0697. The molecule has 0 fully saturated rings. The molecule has 22 heavy (non-hydrogen) atoms. The summed E-state index contributed by atoms with van der Waals surface area (Å²) in [6, 6.07) is 10.7. The molecule has 3 aromatic rings. The van der Waals surface area contributed by atoms with Crippen LogP contribution in [-0.4, -0.2) is 17.3 Å². The van der Waals surface area contributed by atoms with Crippen molar-refractivity contribution in [3.63, 3.8) is 0 Å². The third kappa shape index (κ3) is 3.37. The quantitative estimate of drug-likeness (QED) is 0.477. The van der Waals surface area contributed by atoms with Gasteiger partial charge in [0, 0.05) is 14.3 Å². The monoisotopic (exact) mass is 348 g/mol. The van der Waals surface area contributed by atoms with E-state index in [1.165, 1.54) is 30.6 Å². The van der Waals surface area contributed by atoms with Crippen molar-refractivity contribution in [1.29, 1.82) is 0 Å². The largest absolute Gasteiger partial charge is 0.478 e. The molecule has 2 aromatic heterocycles. The number of carboxylic acid groups (broad SMARTS) is 1. The standard InChI is InChI=1S/C15H12N2O2S3/c1-20-14-7-13-12(22-14)6-11(21-13)8-16-17-10-4-2-9(3-5-10)15(18)19/h2-7H,8H2,1H3,(H,18,19). The Bertz CT molecular complexity index is 803. The van der Waals surface area contributed by atoms with Crippen LogP contribution in [0.25, 0.3) is 9.40 Å². The zero-order valence-electron chi connectivity index (χ0n) is 11.6. The van der Waals surface area contributed by atoms with Crippen molar-refractivity contribution in [2.24, 2.45) is 10.2 Å². The number of fused-ring (bicyclic) bond motifs is 1. The number of thioether (sulfide) groups is 1. The second kappa shape index (κ2) is 6.60. The third-order valence-electron chi connectivity index (χ3n) is 2.96. The van der Waals surface area contributed by atoms with Crippen LogP contribution in [-0.2, 0) is 6.54 Å². The van der Waals surface area contributed by atoms with Crippen molar-refractivity contribution >= 4 is 55.5 Å². The summed E-state index contributed by atoms with van der Waals surface area (Å²) in [4.78, 5) is 11.9. The second-order valence-corrected chi connectivity index (χ2v) is 7.82. The molecule has 1 N–H and O–H groups in total. The first kappa shape index (κ1) is 15.2. The predicted octanol–water partition coefficient (Wildman–Crippen LogP) is 5.67. The number of benzene rings is 1. The molecule has 7 heteroatoms. The van der Waals surface area contributed by atoms with Crippen LogP contribution in [0.4, 0.5) is 5.69 Å². The minimum absolute atomic E-state index is 0.252. The summed E-state index contributed by atoms with van der Waals surface area (Å²) < 4.78 is 3.92. The van der Waals surface area contributed by atoms with Gasteiger partial charge in [-0.05, 0) is 42.7 Å². The fraction of sp³-hybridized carbons (Fsp3) is 0.133. The Labute approximate surface area is 139 Å². The molecule has 0 saturated carbocycles. The van der Waals surface area contributed by atoms with Crippen LogP contribution in [0, 0.1) is 0 Å². The van der Waals surface area contributed by atoms with Gasteiger partial charge in [-0.3, -0.25) is 0 Å². The van der Waals surface area contributed by atoms with Gasteiger partial charge in [-0.15, -0.1) is 34.4 Å². The van der Waals surface area contributed by atoms with E-state index in [1.54, 1.807) is 46.6 Å². The number of thiophene rings is 2. The smallest absolute Gasteiger partial charge is 0.335 e. The van der Waals surface area contributed by atoms with Crippen molar-refractivity contribution in [1.82, 2.24) is 0 Å². The maximum atomic E-state index is 10.8. The Morgan fingerprint density at radius 3 is 2.55 bits per heavy atom. The number of aromatic carboxylic acids is 1. The van der Waals surface area contributed by atoms with Crippen LogP contribution in [0.1, 0.15) is 15.2 Å². The van der Waals surface area contributed by atoms with E-state index in [9.17, 15) is 4.79 Å². The van der Waals surface area contributed by atoms with Crippen LogP contribution in [0.15, 0.2) is 50.8 Å². The lowest BCUT2D eigenvalue weighted by atomic mass is 10.2. The Morgan fingerprint density at radius 1 is 1.18 bits per heavy atom. The molecule has 0 atom stereocenters. The van der Waals surface area contributed by atoms with Gasteiger partial charge >= 0.3 is 5.97 Å². The van der Waals surface area contributed by atoms with Gasteiger partial charge in [0.1, 0.15) is 0 Å². The van der Waals surface area contributed by atoms with E-state index >= 15 is 0 Å². The summed E-state index contributed by atoms with van der Waals surface area (Å²) in [6.07, 6.45) is 2.08. The Hall–Kier alpha value is -1.70. The minimum atomic E-state index is -0.938. The maximum absolute atomic E-state index is 10.8. The van der Waals surface area contributed by atoms with Gasteiger partial charge in [-0.25, -0.2) is 4.79 Å². The van der Waals surface area contributed by atoms with Crippen LogP contribution < -0.4 is 0 Å². The molecule has 0 aliphatic heterocycles. The summed E-state index contributed by atoms with van der Waals surface area (Å²) in [5, 5.41) is 17.2. The molecule has 2 heterocycles. The molecular formula is C15H12N2O2S3. The highest BCUT2D eigenvalue weighted by molar-refractivity contribution is 8.00. The number of carboxylic acids is 1. The lowest BCUT2D eigenvalue weighted by Crippen LogP contribution is -1.93. The van der Waals surface area contributed by atoms with E-state index in [-0.39, 0.29) is 5.56 Å². The van der Waals surface area contributed by atoms with Crippen molar-refractivity contribution in [2.45, 2.75) is 10.8 Å². The highest BCUT2D eigenvalue weighted by Crippen LogP contribution is 2.37. The van der Waals surface area contributed by atoms with E-state index in [4.69, 9.17) is 5.11 Å². The van der Waals surface area contributed by atoms with Gasteiger partial charge in [0.05, 0.1) is 22.0 Å². The maximum Gasteiger partial charge on any atom is 0.335 e. The van der Waals surface area contributed by atoms with Crippen LogP contribution in [0.3, 0.4) is 0 Å². The van der Waals surface area contributed by atoms with Crippen LogP contribution in [0.2, 0.25) is 0 Å². The number of hydrogen-bond acceptors (Lipinski definition) is 6. The van der Waals surface area contributed by atoms with Crippen molar-refractivity contribution in [2.75, 3.05) is 6.26 Å². The molecule has 0 unspecified atom stereocenters. The first-order chi connectivity index (χ1) is 10.7. The van der Waals surface area contributed by atoms with Gasteiger partial charge in [-0.1, -0.05) is 0 Å². The van der Waals surface area contributed by atoms with Gasteiger partial charge < -0.3 is 5.11 Å². The summed E-state index contributed by atoms with van der Waals surface area (Å²) in [6.45, 7) is 0.543. The van der Waals surface area contributed by atoms with Gasteiger partial charge in [0.2, 0.25) is 0 Å². The fourth-order valence-electron chi connectivity index (χ4n) is 1.90. The summed E-state index contributed by atoms with van der Waals surface area (Å²) in [5.74, 6) is -0.938. The topological polar surface area (TPSA) is 62.0 Å². The molecule has 1 aromatic carbocycles. The van der Waals surface area contributed by atoms with Gasteiger partial charge in [-0.2, -0.15) is 10.2 Å².